The fourth-order valence-electron chi connectivity index (χ4n) is 3.67. The fourth-order valence-corrected chi connectivity index (χ4v) is 7.72. The number of amides is 1. The van der Waals surface area contributed by atoms with Crippen LogP contribution in [0.3, 0.4) is 0 Å². The van der Waals surface area contributed by atoms with Crippen LogP contribution in [0.2, 0.25) is 0 Å². The Balaban J connectivity index is 2.04. The number of likely N-dealkylation sites (N-methyl/N-ethyl adjacent to an activating group) is 1. The maximum absolute atomic E-state index is 12.4. The highest BCUT2D eigenvalue weighted by Crippen LogP contribution is 2.37. The Morgan fingerprint density at radius 3 is 1.95 bits per heavy atom. The molecule has 0 aliphatic rings. The van der Waals surface area contributed by atoms with Gasteiger partial charge in [-0.25, -0.2) is 4.79 Å². The maximum atomic E-state index is 12.4. The van der Waals surface area contributed by atoms with Crippen molar-refractivity contribution in [2.45, 2.75) is 65.5 Å². The quantitative estimate of drug-likeness (QED) is 0.0934. The van der Waals surface area contributed by atoms with Gasteiger partial charge in [-0.15, -0.1) is 0 Å². The van der Waals surface area contributed by atoms with Crippen molar-refractivity contribution in [3.8, 4) is 17.2 Å². The van der Waals surface area contributed by atoms with Crippen molar-refractivity contribution in [2.24, 2.45) is 5.41 Å². The molecule has 9 nitrogen and oxygen atoms in total. The second kappa shape index (κ2) is 17.1. The van der Waals surface area contributed by atoms with Gasteiger partial charge in [0.1, 0.15) is 17.6 Å². The number of rotatable bonds is 15. The van der Waals surface area contributed by atoms with Crippen LogP contribution < -0.4 is 25.7 Å². The Hall–Kier alpha value is -0.510. The molecule has 0 aliphatic heterocycles. The van der Waals surface area contributed by atoms with Crippen molar-refractivity contribution < 1.29 is 29.1 Å². The standard InChI is InChI=1S/C28H35I4N3O6/c1-15(36)22(33-5)8-6-7-9-34-41-25-20(31)13-17(14-21(25)32)40-24-18(29)10-16(11-19(24)30)12-23(26(37)38)35-27(39)28(2,3)4/h10-11,13-14,22-23,33-34H,6-9,12H2,1-5H3,(H,35,39)(H,37,38). The van der Waals surface area contributed by atoms with E-state index in [9.17, 15) is 19.5 Å². The Morgan fingerprint density at radius 1 is 0.902 bits per heavy atom. The van der Waals surface area contributed by atoms with Gasteiger partial charge in [-0.05, 0) is 147 Å². The number of carboxylic acids is 1. The van der Waals surface area contributed by atoms with Crippen LogP contribution in [0.1, 0.15) is 52.5 Å². The van der Waals surface area contributed by atoms with E-state index in [1.165, 1.54) is 0 Å². The normalized spacial score (nSPS) is 12.9. The summed E-state index contributed by atoms with van der Waals surface area (Å²) in [5.74, 6) is 0.795. The SMILES string of the molecule is CNC(CCCCNOc1c(I)cc(Oc2c(I)cc(CC(NC(=O)C(C)(C)C)C(=O)O)cc2I)cc1I)C(C)=O. The largest absolute Gasteiger partial charge is 0.480 e. The molecule has 2 aromatic rings. The molecule has 4 N–H and O–H groups in total. The van der Waals surface area contributed by atoms with E-state index in [0.29, 0.717) is 23.8 Å². The van der Waals surface area contributed by atoms with Crippen molar-refractivity contribution in [1.82, 2.24) is 16.1 Å². The molecular weight excluding hydrogens is 982 g/mol. The van der Waals surface area contributed by atoms with E-state index in [1.807, 2.05) is 24.3 Å². The Labute approximate surface area is 295 Å². The minimum Gasteiger partial charge on any atom is -0.480 e. The maximum Gasteiger partial charge on any atom is 0.326 e. The lowest BCUT2D eigenvalue weighted by Crippen LogP contribution is -2.46. The predicted octanol–water partition coefficient (Wildman–Crippen LogP) is 6.29. The zero-order valence-corrected chi connectivity index (χ0v) is 32.1. The highest BCUT2D eigenvalue weighted by atomic mass is 127. The van der Waals surface area contributed by atoms with E-state index in [4.69, 9.17) is 9.57 Å². The lowest BCUT2D eigenvalue weighted by Gasteiger charge is -2.22. The van der Waals surface area contributed by atoms with E-state index in [-0.39, 0.29) is 24.2 Å². The average Bonchev–Trinajstić information content (AvgIpc) is 2.85. The Morgan fingerprint density at radius 2 is 1.46 bits per heavy atom. The van der Waals surface area contributed by atoms with Gasteiger partial charge in [-0.2, -0.15) is 5.48 Å². The Kier molecular flexibility index (Phi) is 15.3. The number of nitrogens with one attached hydrogen (secondary N) is 3. The highest BCUT2D eigenvalue weighted by molar-refractivity contribution is 14.1. The molecule has 0 bridgehead atoms. The number of hydroxylamine groups is 1. The molecule has 41 heavy (non-hydrogen) atoms. The molecule has 0 fully saturated rings. The summed E-state index contributed by atoms with van der Waals surface area (Å²) in [6.07, 6.45) is 2.73. The molecular formula is C28H35I4N3O6. The second-order valence-electron chi connectivity index (χ2n) is 10.5. The number of carbonyl (C=O) groups is 3. The first-order valence-corrected chi connectivity index (χ1v) is 17.2. The summed E-state index contributed by atoms with van der Waals surface area (Å²) in [5, 5.41) is 15.4. The third-order valence-corrected chi connectivity index (χ3v) is 9.21. The van der Waals surface area contributed by atoms with Gasteiger partial charge in [0.25, 0.3) is 0 Å². The molecule has 2 rings (SSSR count). The van der Waals surface area contributed by atoms with Crippen molar-refractivity contribution in [3.63, 3.8) is 0 Å². The number of benzene rings is 2. The summed E-state index contributed by atoms with van der Waals surface area (Å²) in [6, 6.07) is 6.41. The summed E-state index contributed by atoms with van der Waals surface area (Å²) in [5.41, 5.74) is 3.11. The number of hydrogen-bond donors (Lipinski definition) is 4. The van der Waals surface area contributed by atoms with E-state index >= 15 is 0 Å². The minimum atomic E-state index is -1.08. The molecule has 2 atom stereocenters. The van der Waals surface area contributed by atoms with Crippen molar-refractivity contribution in [3.05, 3.63) is 44.1 Å². The molecule has 0 radical (unpaired) electrons. The van der Waals surface area contributed by atoms with Gasteiger partial charge in [-0.3, -0.25) is 9.59 Å². The van der Waals surface area contributed by atoms with Crippen LogP contribution in [0, 0.1) is 19.7 Å². The molecule has 226 valence electrons. The number of carbonyl (C=O) groups excluding carboxylic acids is 2. The molecule has 13 heteroatoms. The molecule has 0 saturated carbocycles. The Bertz CT molecular complexity index is 1210. The van der Waals surface area contributed by atoms with Crippen LogP contribution >= 0.6 is 90.4 Å². The minimum absolute atomic E-state index is 0.101. The van der Waals surface area contributed by atoms with Gasteiger partial charge in [0.05, 0.1) is 20.3 Å². The zero-order chi connectivity index (χ0) is 30.9. The van der Waals surface area contributed by atoms with Crippen molar-refractivity contribution in [1.29, 1.82) is 0 Å². The smallest absolute Gasteiger partial charge is 0.326 e. The van der Waals surface area contributed by atoms with Gasteiger partial charge in [0.2, 0.25) is 5.91 Å². The van der Waals surface area contributed by atoms with E-state index in [2.05, 4.69) is 106 Å². The summed E-state index contributed by atoms with van der Waals surface area (Å²) >= 11 is 8.78. The lowest BCUT2D eigenvalue weighted by atomic mass is 9.94. The van der Waals surface area contributed by atoms with Crippen LogP contribution in [0.5, 0.6) is 17.2 Å². The number of Topliss-reactive ketones (excluding diaryl/α,β-unsaturated/α-hetero) is 1. The number of unbranched alkanes of at least 4 members (excludes halogenated alkanes) is 1. The molecule has 0 aromatic heterocycles. The van der Waals surface area contributed by atoms with Crippen LogP contribution in [0.25, 0.3) is 0 Å². The summed E-state index contributed by atoms with van der Waals surface area (Å²) in [7, 11) is 1.80. The summed E-state index contributed by atoms with van der Waals surface area (Å²) in [6.45, 7) is 7.50. The van der Waals surface area contributed by atoms with Gasteiger partial charge < -0.3 is 25.3 Å². The van der Waals surface area contributed by atoms with Crippen LogP contribution in [0.15, 0.2) is 24.3 Å². The second-order valence-corrected chi connectivity index (χ2v) is 15.1. The number of hydrogen-bond acceptors (Lipinski definition) is 7. The topological polar surface area (TPSA) is 126 Å². The van der Waals surface area contributed by atoms with Crippen molar-refractivity contribution in [2.75, 3.05) is 13.6 Å². The zero-order valence-electron chi connectivity index (χ0n) is 23.5. The number of aliphatic carboxylic acids is 1. The molecule has 0 heterocycles. The molecule has 2 aromatic carbocycles. The van der Waals surface area contributed by atoms with Crippen LogP contribution in [0.4, 0.5) is 0 Å². The average molecular weight is 1020 g/mol. The first-order valence-electron chi connectivity index (χ1n) is 12.9. The first kappa shape index (κ1) is 36.7. The first-order chi connectivity index (χ1) is 19.1. The van der Waals surface area contributed by atoms with Gasteiger partial charge in [0, 0.05) is 18.4 Å². The van der Waals surface area contributed by atoms with Crippen molar-refractivity contribution >= 4 is 108 Å². The molecule has 0 spiro atoms. The van der Waals surface area contributed by atoms with Gasteiger partial charge in [-0.1, -0.05) is 27.2 Å². The van der Waals surface area contributed by atoms with E-state index < -0.39 is 17.4 Å². The summed E-state index contributed by atoms with van der Waals surface area (Å²) in [4.78, 5) is 41.6. The number of carboxylic acid groups (broad SMARTS) is 1. The van der Waals surface area contributed by atoms with Crippen LogP contribution in [-0.2, 0) is 20.8 Å². The third-order valence-electron chi connectivity index (χ3n) is 6.01. The molecule has 0 saturated heterocycles. The number of ketones is 1. The van der Waals surface area contributed by atoms with Crippen LogP contribution in [-0.4, -0.2) is 48.4 Å². The van der Waals surface area contributed by atoms with Gasteiger partial charge in [0.15, 0.2) is 11.5 Å². The monoisotopic (exact) mass is 1020 g/mol. The third kappa shape index (κ3) is 11.8. The predicted molar refractivity (Wildman–Crippen MR) is 193 cm³/mol. The highest BCUT2D eigenvalue weighted by Gasteiger charge is 2.28. The molecule has 2 unspecified atom stereocenters. The van der Waals surface area contributed by atoms with E-state index in [0.717, 1.165) is 39.1 Å². The van der Waals surface area contributed by atoms with E-state index in [1.54, 1.807) is 34.7 Å². The molecule has 1 amide bonds. The fraction of sp³-hybridized carbons (Fsp3) is 0.464. The number of ether oxygens (including phenoxy) is 1. The van der Waals surface area contributed by atoms with Gasteiger partial charge >= 0.3 is 5.97 Å². The number of halogens is 4. The lowest BCUT2D eigenvalue weighted by molar-refractivity contribution is -0.143. The molecule has 0 aliphatic carbocycles. The summed E-state index contributed by atoms with van der Waals surface area (Å²) < 4.78 is 9.67.